The van der Waals surface area contributed by atoms with Gasteiger partial charge in [-0.1, -0.05) is 80.9 Å². The van der Waals surface area contributed by atoms with Crippen LogP contribution in [-0.2, 0) is 67.3 Å². The van der Waals surface area contributed by atoms with E-state index in [2.05, 4.69) is 39.7 Å². The molecule has 2 fully saturated rings. The van der Waals surface area contributed by atoms with Crippen molar-refractivity contribution >= 4 is 56.4 Å². The normalized spacial score (nSPS) is 16.2. The summed E-state index contributed by atoms with van der Waals surface area (Å²) in [4.78, 5) is 72.1. The quantitative estimate of drug-likeness (QED) is 0.0366. The van der Waals surface area contributed by atoms with Crippen LogP contribution in [0.2, 0.25) is 5.02 Å². The first-order chi connectivity index (χ1) is 41.0. The highest BCUT2D eigenvalue weighted by Crippen LogP contribution is 2.37. The molecule has 2 aromatic heterocycles. The molecule has 5 aromatic rings. The molecule has 0 spiro atoms. The lowest BCUT2D eigenvalue weighted by Gasteiger charge is -2.35. The van der Waals surface area contributed by atoms with Gasteiger partial charge in [0, 0.05) is 63.6 Å². The number of carbonyl (C=O) groups excluding carboxylic acids is 4. The van der Waals surface area contributed by atoms with E-state index in [0.29, 0.717) is 74.6 Å². The Kier molecular flexibility index (Phi) is 25.0. The molecule has 4 amide bonds. The van der Waals surface area contributed by atoms with Gasteiger partial charge in [-0.25, -0.2) is 23.4 Å². The second kappa shape index (κ2) is 31.8. The van der Waals surface area contributed by atoms with Crippen LogP contribution in [0.25, 0.3) is 10.4 Å². The SMILES string of the molecule is Cc1cc(Cc2ncc(Cl)c(Cc3ccccc3S(=O)(=O)C(C)C)n2)c(OC(C)C)cc1C1CCN(C(=O)CCOCCOCCOCCOCCC(=O)N[C@H](C(=O)N2C[C@H](O)C[C@H]2C(=O)NCc2ccc(-c3scnc3C)cc2)C(C)(C)C)CC1. The molecule has 86 heavy (non-hydrogen) atoms. The lowest BCUT2D eigenvalue weighted by Crippen LogP contribution is -2.57. The molecule has 468 valence electrons. The molecule has 0 radical (unpaired) electrons. The van der Waals surface area contributed by atoms with E-state index in [4.69, 9.17) is 40.3 Å². The van der Waals surface area contributed by atoms with E-state index in [9.17, 15) is 32.7 Å². The molecule has 19 nitrogen and oxygen atoms in total. The zero-order valence-corrected chi connectivity index (χ0v) is 53.6. The van der Waals surface area contributed by atoms with Crippen molar-refractivity contribution in [1.29, 1.82) is 0 Å². The van der Waals surface area contributed by atoms with E-state index < -0.39 is 44.6 Å². The largest absolute Gasteiger partial charge is 0.491 e. The number of β-amino-alcohol motifs (C(OH)–C–C–N with tert-alkyl or cyclic N) is 1. The molecule has 0 bridgehead atoms. The van der Waals surface area contributed by atoms with Crippen molar-refractivity contribution < 1.29 is 56.4 Å². The number of hydrogen-bond acceptors (Lipinski definition) is 16. The summed E-state index contributed by atoms with van der Waals surface area (Å²) < 4.78 is 55.4. The first-order valence-electron chi connectivity index (χ1n) is 29.8. The monoisotopic (exact) mass is 1240 g/mol. The summed E-state index contributed by atoms with van der Waals surface area (Å²) in [5, 5.41) is 16.2. The fourth-order valence-electron chi connectivity index (χ4n) is 10.6. The van der Waals surface area contributed by atoms with Crippen LogP contribution in [0.4, 0.5) is 0 Å². The smallest absolute Gasteiger partial charge is 0.246 e. The van der Waals surface area contributed by atoms with Crippen molar-refractivity contribution in [2.24, 2.45) is 5.41 Å². The van der Waals surface area contributed by atoms with Gasteiger partial charge < -0.3 is 49.2 Å². The Hall–Kier alpha value is -5.91. The number of thiazole rings is 1. The molecule has 22 heteroatoms. The van der Waals surface area contributed by atoms with Crippen LogP contribution < -0.4 is 15.4 Å². The third kappa shape index (κ3) is 19.0. The molecule has 2 aliphatic rings. The van der Waals surface area contributed by atoms with E-state index in [1.165, 1.54) is 10.5 Å². The number of sulfone groups is 1. The third-order valence-electron chi connectivity index (χ3n) is 15.3. The number of amides is 4. The van der Waals surface area contributed by atoms with Gasteiger partial charge in [-0.2, -0.15) is 0 Å². The summed E-state index contributed by atoms with van der Waals surface area (Å²) in [5.74, 6) is 0.424. The van der Waals surface area contributed by atoms with Crippen LogP contribution in [0.1, 0.15) is 132 Å². The number of nitrogens with one attached hydrogen (secondary N) is 2. The molecule has 0 saturated carbocycles. The summed E-state index contributed by atoms with van der Waals surface area (Å²) in [7, 11) is -3.52. The number of likely N-dealkylation sites (tertiary alicyclic amines) is 2. The van der Waals surface area contributed by atoms with E-state index in [0.717, 1.165) is 51.4 Å². The first kappa shape index (κ1) is 67.6. The molecule has 3 N–H and O–H groups in total. The van der Waals surface area contributed by atoms with Gasteiger partial charge in [0.1, 0.15) is 23.7 Å². The second-order valence-corrected chi connectivity index (χ2v) is 27.4. The average Bonchev–Trinajstić information content (AvgIpc) is 1.81. The van der Waals surface area contributed by atoms with Gasteiger partial charge in [-0.05, 0) is 106 Å². The molecule has 3 aromatic carbocycles. The molecule has 0 unspecified atom stereocenters. The summed E-state index contributed by atoms with van der Waals surface area (Å²) in [5.41, 5.74) is 8.44. The molecule has 3 atom stereocenters. The molecular formula is C64H86ClN7O12S2. The predicted molar refractivity (Wildman–Crippen MR) is 331 cm³/mol. The summed E-state index contributed by atoms with van der Waals surface area (Å²) >= 11 is 8.18. The number of aromatic nitrogens is 3. The number of halogens is 1. The minimum Gasteiger partial charge on any atom is -0.491 e. The number of nitrogens with zero attached hydrogens (tertiary/aromatic N) is 5. The van der Waals surface area contributed by atoms with E-state index in [-0.39, 0.29) is 93.2 Å². The maximum atomic E-state index is 14.0. The van der Waals surface area contributed by atoms with Crippen LogP contribution in [0, 0.1) is 19.3 Å². The predicted octanol–water partition coefficient (Wildman–Crippen LogP) is 8.38. The molecule has 0 aliphatic carbocycles. The van der Waals surface area contributed by atoms with Crippen LogP contribution in [0.15, 0.2) is 77.3 Å². The van der Waals surface area contributed by atoms with E-state index in [1.807, 2.05) is 82.3 Å². The molecule has 2 saturated heterocycles. The zero-order chi connectivity index (χ0) is 62.1. The number of carbonyl (C=O) groups is 4. The number of aliphatic hydroxyl groups is 1. The van der Waals surface area contributed by atoms with Crippen molar-refractivity contribution in [2.75, 3.05) is 72.5 Å². The van der Waals surface area contributed by atoms with Crippen molar-refractivity contribution in [3.8, 4) is 16.2 Å². The van der Waals surface area contributed by atoms with Gasteiger partial charge in [0.05, 0.1) is 108 Å². The summed E-state index contributed by atoms with van der Waals surface area (Å²) in [6.45, 7) is 20.7. The lowest BCUT2D eigenvalue weighted by molar-refractivity contribution is -0.144. The number of piperidine rings is 1. The van der Waals surface area contributed by atoms with Gasteiger partial charge >= 0.3 is 0 Å². The van der Waals surface area contributed by atoms with Gasteiger partial charge in [0.25, 0.3) is 0 Å². The number of ether oxygens (including phenoxy) is 5. The second-order valence-electron chi connectivity index (χ2n) is 23.7. The number of benzene rings is 3. The maximum Gasteiger partial charge on any atom is 0.246 e. The molecule has 4 heterocycles. The van der Waals surface area contributed by atoms with Gasteiger partial charge in [0.2, 0.25) is 23.6 Å². The Labute approximate surface area is 516 Å². The number of rotatable bonds is 30. The Morgan fingerprint density at radius 3 is 2.08 bits per heavy atom. The Morgan fingerprint density at radius 2 is 1.47 bits per heavy atom. The highest BCUT2D eigenvalue weighted by atomic mass is 35.5. The van der Waals surface area contributed by atoms with Crippen LogP contribution in [0.3, 0.4) is 0 Å². The molecule has 2 aliphatic heterocycles. The maximum absolute atomic E-state index is 14.0. The highest BCUT2D eigenvalue weighted by Gasteiger charge is 2.44. The third-order valence-corrected chi connectivity index (χ3v) is 18.9. The minimum absolute atomic E-state index is 0.0106. The summed E-state index contributed by atoms with van der Waals surface area (Å²) in [6.07, 6.45) is 3.26. The fraction of sp³-hybridized carbons (Fsp3) is 0.547. The van der Waals surface area contributed by atoms with E-state index in [1.54, 1.807) is 49.6 Å². The Bertz CT molecular complexity index is 3180. The fourth-order valence-corrected chi connectivity index (χ4v) is 12.8. The van der Waals surface area contributed by atoms with Crippen molar-refractivity contribution in [2.45, 2.75) is 154 Å². The standard InChI is InChI=1S/C64H86ClN7O12S2/c1-41(2)84-55-36-51(43(5)32-49(55)34-57-66-38-52(65)53(69-57)33-48-12-10-11-13-56(48)86(78,79)42(3)4)46-18-22-71(23-19-46)59(75)21-25-81-27-29-83-31-30-82-28-26-80-24-20-58(74)70-61(64(7,8)9)63(77)72-39-50(73)35-54(72)62(76)67-37-45-14-16-47(17-15-45)60-44(6)68-40-85-60/h10-17,32,36,38,40-42,46,50,54,61,73H,18-31,33-35,37,39H2,1-9H3,(H,67,76)(H,70,74)/t50-,54+,61-/m1/s1. The minimum atomic E-state index is -3.52. The van der Waals surface area contributed by atoms with Crippen LogP contribution in [0.5, 0.6) is 5.75 Å². The Balaban J connectivity index is 0.742. The van der Waals surface area contributed by atoms with Crippen molar-refractivity contribution in [1.82, 2.24) is 35.4 Å². The van der Waals surface area contributed by atoms with Crippen molar-refractivity contribution in [3.05, 3.63) is 122 Å². The van der Waals surface area contributed by atoms with Crippen LogP contribution in [-0.4, -0.2) is 164 Å². The summed E-state index contributed by atoms with van der Waals surface area (Å²) in [6, 6.07) is 17.3. The Morgan fingerprint density at radius 1 is 0.826 bits per heavy atom. The molecule has 7 rings (SSSR count). The van der Waals surface area contributed by atoms with Gasteiger partial charge in [-0.15, -0.1) is 11.3 Å². The molecular weight excluding hydrogens is 1160 g/mol. The topological polar surface area (TPSA) is 238 Å². The van der Waals surface area contributed by atoms with E-state index >= 15 is 0 Å². The van der Waals surface area contributed by atoms with Gasteiger partial charge in [0.15, 0.2) is 9.84 Å². The number of aliphatic hydroxyl groups excluding tert-OH is 1. The zero-order valence-electron chi connectivity index (χ0n) is 51.2. The highest BCUT2D eigenvalue weighted by molar-refractivity contribution is 7.92. The van der Waals surface area contributed by atoms with Crippen molar-refractivity contribution in [3.63, 3.8) is 0 Å². The number of aryl methyl sites for hydroxylation is 2. The number of hydrogen-bond donors (Lipinski definition) is 3. The van der Waals surface area contributed by atoms with Gasteiger partial charge in [-0.3, -0.25) is 19.2 Å². The average molecular weight is 1250 g/mol. The first-order valence-corrected chi connectivity index (χ1v) is 32.6. The lowest BCUT2D eigenvalue weighted by atomic mass is 9.85. The van der Waals surface area contributed by atoms with Crippen LogP contribution >= 0.6 is 22.9 Å².